The van der Waals surface area contributed by atoms with Gasteiger partial charge >= 0.3 is 0 Å². The molecule has 2 N–H and O–H groups in total. The number of pyridine rings is 1. The number of rotatable bonds is 23. The predicted octanol–water partition coefficient (Wildman–Crippen LogP) is 5.68. The average molecular weight is 957 g/mol. The summed E-state index contributed by atoms with van der Waals surface area (Å²) in [5.74, 6) is 2.04. The molecular weight excluding hydrogens is 889 g/mol. The number of piperidine rings is 1. The normalized spacial score (nSPS) is 17.5. The molecule has 2 atom stereocenters. The third kappa shape index (κ3) is 12.9. The molecule has 368 valence electrons. The quantitative estimate of drug-likeness (QED) is 0.0767. The first-order chi connectivity index (χ1) is 33.2. The van der Waals surface area contributed by atoms with Crippen LogP contribution in [-0.4, -0.2) is 158 Å². The van der Waals surface area contributed by atoms with E-state index >= 15 is 0 Å². The maximum atomic E-state index is 13.8. The molecule has 3 aliphatic rings. The van der Waals surface area contributed by atoms with Crippen LogP contribution in [0.25, 0.3) is 21.1 Å². The maximum absolute atomic E-state index is 13.8. The summed E-state index contributed by atoms with van der Waals surface area (Å²) in [6, 6.07) is 12.9. The molecule has 3 fully saturated rings. The van der Waals surface area contributed by atoms with E-state index in [2.05, 4.69) is 43.2 Å². The van der Waals surface area contributed by atoms with Crippen molar-refractivity contribution >= 4 is 50.2 Å². The molecule has 1 aliphatic carbocycles. The number of aromatic nitrogens is 3. The molecule has 3 amide bonds. The van der Waals surface area contributed by atoms with Crippen LogP contribution in [0.5, 0.6) is 11.6 Å². The smallest absolute Gasteiger partial charge is 0.254 e. The Balaban J connectivity index is 0.665. The fraction of sp³-hybridized carbons (Fsp3) is 0.580. The lowest BCUT2D eigenvalue weighted by atomic mass is 9.83. The van der Waals surface area contributed by atoms with Gasteiger partial charge in [-0.25, -0.2) is 0 Å². The van der Waals surface area contributed by atoms with E-state index in [1.807, 2.05) is 57.8 Å². The SMILES string of the molecule is CN[C@@H](C)C(=O)N[C@H](C(=O)N1CCN(C(=O)c2ccc3c(c2)cc(C)n3CCOCCOCCOCCOc2cc(CN3CCC(Oc4ccnc5ccsc45)CC3)on2)CC1)C1CCCCC1. The number of likely N-dealkylation sites (N-methyl/N-ethyl adjacent to an activating group) is 1. The number of fused-ring (bicyclic) bond motifs is 2. The fourth-order valence-corrected chi connectivity index (χ4v) is 10.3. The molecule has 0 bridgehead atoms. The fourth-order valence-electron chi connectivity index (χ4n) is 9.47. The van der Waals surface area contributed by atoms with Crippen molar-refractivity contribution in [3.8, 4) is 11.6 Å². The lowest BCUT2D eigenvalue weighted by molar-refractivity contribution is -0.140. The lowest BCUT2D eigenvalue weighted by Crippen LogP contribution is -2.59. The minimum absolute atomic E-state index is 0.0369. The zero-order valence-corrected chi connectivity index (χ0v) is 40.6. The largest absolute Gasteiger partial charge is 0.489 e. The number of nitrogens with zero attached hydrogens (tertiary/aromatic N) is 6. The van der Waals surface area contributed by atoms with Gasteiger partial charge in [0.25, 0.3) is 11.8 Å². The van der Waals surface area contributed by atoms with Crippen molar-refractivity contribution in [2.24, 2.45) is 5.92 Å². The number of aryl methyl sites for hydroxylation is 1. The van der Waals surface area contributed by atoms with Gasteiger partial charge in [-0.1, -0.05) is 19.3 Å². The molecule has 17 nitrogen and oxygen atoms in total. The number of hydrogen-bond donors (Lipinski definition) is 2. The van der Waals surface area contributed by atoms with Crippen LogP contribution in [0.4, 0.5) is 0 Å². The van der Waals surface area contributed by atoms with E-state index in [9.17, 15) is 14.4 Å². The molecule has 18 heteroatoms. The van der Waals surface area contributed by atoms with Gasteiger partial charge in [-0.15, -0.1) is 11.3 Å². The van der Waals surface area contributed by atoms with Gasteiger partial charge < -0.3 is 53.2 Å². The number of piperazine rings is 1. The lowest BCUT2D eigenvalue weighted by Gasteiger charge is -2.39. The summed E-state index contributed by atoms with van der Waals surface area (Å²) >= 11 is 1.66. The second-order valence-electron chi connectivity index (χ2n) is 18.1. The Morgan fingerprint density at radius 2 is 1.56 bits per heavy atom. The predicted molar refractivity (Wildman–Crippen MR) is 259 cm³/mol. The number of hydrogen-bond acceptors (Lipinski definition) is 14. The molecule has 5 aromatic rings. The van der Waals surface area contributed by atoms with Crippen molar-refractivity contribution in [3.05, 3.63) is 71.1 Å². The van der Waals surface area contributed by atoms with Gasteiger partial charge in [0.1, 0.15) is 24.5 Å². The number of amides is 3. The monoisotopic (exact) mass is 956 g/mol. The first kappa shape index (κ1) is 49.3. The molecule has 0 spiro atoms. The molecule has 4 aromatic heterocycles. The number of carbonyl (C=O) groups excluding carboxylic acids is 3. The summed E-state index contributed by atoms with van der Waals surface area (Å²) in [6.07, 6.45) is 9.06. The Morgan fingerprint density at radius 1 is 0.838 bits per heavy atom. The highest BCUT2D eigenvalue weighted by Gasteiger charge is 2.36. The molecular formula is C50H68N8O9S. The zero-order valence-electron chi connectivity index (χ0n) is 39.8. The van der Waals surface area contributed by atoms with Crippen LogP contribution in [0.15, 0.2) is 58.6 Å². The third-order valence-electron chi connectivity index (χ3n) is 13.5. The molecule has 2 saturated heterocycles. The summed E-state index contributed by atoms with van der Waals surface area (Å²) in [5, 5.41) is 13.2. The molecule has 68 heavy (non-hydrogen) atoms. The first-order valence-corrected chi connectivity index (χ1v) is 25.3. The van der Waals surface area contributed by atoms with E-state index < -0.39 is 6.04 Å². The molecule has 2 aliphatic heterocycles. The van der Waals surface area contributed by atoms with Crippen LogP contribution in [0.2, 0.25) is 0 Å². The van der Waals surface area contributed by atoms with Gasteiger partial charge in [-0.2, -0.15) is 0 Å². The van der Waals surface area contributed by atoms with Crippen LogP contribution in [-0.2, 0) is 36.9 Å². The Bertz CT molecular complexity index is 2400. The van der Waals surface area contributed by atoms with E-state index in [4.69, 9.17) is 28.2 Å². The van der Waals surface area contributed by atoms with Crippen molar-refractivity contribution in [1.29, 1.82) is 0 Å². The highest BCUT2D eigenvalue weighted by molar-refractivity contribution is 7.17. The molecule has 6 heterocycles. The Hall–Kier alpha value is -5.11. The minimum atomic E-state index is -0.537. The second kappa shape index (κ2) is 24.4. The number of nitrogens with one attached hydrogen (secondary N) is 2. The number of benzene rings is 1. The number of thiophene rings is 1. The topological polar surface area (TPSA) is 175 Å². The summed E-state index contributed by atoms with van der Waals surface area (Å²) in [5.41, 5.74) is 3.74. The highest BCUT2D eigenvalue weighted by atomic mass is 32.1. The summed E-state index contributed by atoms with van der Waals surface area (Å²) in [4.78, 5) is 50.8. The van der Waals surface area contributed by atoms with Crippen molar-refractivity contribution in [1.82, 2.24) is 40.0 Å². The number of carbonyl (C=O) groups is 3. The van der Waals surface area contributed by atoms with E-state index in [0.29, 0.717) is 97.0 Å². The van der Waals surface area contributed by atoms with Gasteiger partial charge in [0.05, 0.1) is 62.4 Å². The van der Waals surface area contributed by atoms with Gasteiger partial charge in [-0.3, -0.25) is 24.3 Å². The number of likely N-dealkylation sites (tertiary alicyclic amines) is 1. The van der Waals surface area contributed by atoms with Crippen LogP contribution in [0.3, 0.4) is 0 Å². The van der Waals surface area contributed by atoms with Crippen molar-refractivity contribution in [3.63, 3.8) is 0 Å². The van der Waals surface area contributed by atoms with Crippen molar-refractivity contribution in [2.75, 3.05) is 92.6 Å². The zero-order chi connectivity index (χ0) is 47.2. The molecule has 0 radical (unpaired) electrons. The van der Waals surface area contributed by atoms with Crippen molar-refractivity contribution < 1.29 is 42.6 Å². The number of ether oxygens (including phenoxy) is 5. The molecule has 1 saturated carbocycles. The summed E-state index contributed by atoms with van der Waals surface area (Å²) in [7, 11) is 1.74. The van der Waals surface area contributed by atoms with E-state index in [-0.39, 0.29) is 35.8 Å². The standard InChI is InChI=1S/C50H68N8O9S/c1-35-31-39-32-38(49(60)56-18-20-57(21-19-56)50(61)46(37-7-5-4-6-8-37)53-48(59)36(2)51-3)9-10-43(39)58(35)22-23-62-24-25-63-26-27-64-28-29-65-45-33-41(67-54-45)34-55-16-12-40(13-17-55)66-44-11-15-52-42-14-30-68-47(42)44/h9-11,14-15,30-33,36-37,40,46,51H,4-8,12-13,16-29,34H2,1-3H3,(H,53,59)/t36-,46-/m0/s1. The first-order valence-electron chi connectivity index (χ1n) is 24.4. The van der Waals surface area contributed by atoms with Crippen LogP contribution >= 0.6 is 11.3 Å². The van der Waals surface area contributed by atoms with Crippen LogP contribution < -0.4 is 20.1 Å². The van der Waals surface area contributed by atoms with Gasteiger partial charge in [-0.05, 0) is 99.4 Å². The van der Waals surface area contributed by atoms with Crippen LogP contribution in [0, 0.1) is 12.8 Å². The Kier molecular flexibility index (Phi) is 17.7. The Morgan fingerprint density at radius 3 is 2.31 bits per heavy atom. The second-order valence-corrected chi connectivity index (χ2v) is 19.0. The van der Waals surface area contributed by atoms with Crippen molar-refractivity contribution in [2.45, 2.75) is 90.1 Å². The van der Waals surface area contributed by atoms with E-state index in [1.165, 1.54) is 6.42 Å². The Labute approximate surface area is 402 Å². The van der Waals surface area contributed by atoms with Gasteiger partial charge in [0, 0.05) is 80.2 Å². The van der Waals surface area contributed by atoms with Gasteiger partial charge in [0.2, 0.25) is 11.8 Å². The molecule has 1 aromatic carbocycles. The van der Waals surface area contributed by atoms with Crippen LogP contribution in [0.1, 0.15) is 73.7 Å². The average Bonchev–Trinajstić information content (AvgIpc) is 4.12. The summed E-state index contributed by atoms with van der Waals surface area (Å²) in [6.45, 7) is 11.9. The third-order valence-corrected chi connectivity index (χ3v) is 14.4. The molecule has 0 unspecified atom stereocenters. The molecule has 8 rings (SSSR count). The van der Waals surface area contributed by atoms with Gasteiger partial charge in [0.15, 0.2) is 5.76 Å². The van der Waals surface area contributed by atoms with E-state index in [0.717, 1.165) is 89.9 Å². The summed E-state index contributed by atoms with van der Waals surface area (Å²) < 4.78 is 38.2. The maximum Gasteiger partial charge on any atom is 0.254 e. The highest BCUT2D eigenvalue weighted by Crippen LogP contribution is 2.32. The van der Waals surface area contributed by atoms with E-state index in [1.54, 1.807) is 25.3 Å². The minimum Gasteiger partial charge on any atom is -0.489 e.